The fourth-order valence-electron chi connectivity index (χ4n) is 1.04. The largest absolute Gasteiger partial charge is 0.451 e. The third-order valence-corrected chi connectivity index (χ3v) is 5.13. The van der Waals surface area contributed by atoms with E-state index < -0.39 is 22.1 Å². The van der Waals surface area contributed by atoms with Crippen LogP contribution in [0.3, 0.4) is 0 Å². The van der Waals surface area contributed by atoms with Crippen molar-refractivity contribution < 1.29 is 19.1 Å². The molecule has 0 aliphatic carbocycles. The highest BCUT2D eigenvalue weighted by molar-refractivity contribution is 8.17. The summed E-state index contributed by atoms with van der Waals surface area (Å²) in [6.07, 6.45) is 2.92. The highest BCUT2D eigenvalue weighted by Gasteiger charge is 2.45. The zero-order valence-electron chi connectivity index (χ0n) is 8.23. The van der Waals surface area contributed by atoms with Crippen molar-refractivity contribution in [2.45, 2.75) is 17.1 Å². The minimum atomic E-state index is -0.811. The van der Waals surface area contributed by atoms with E-state index >= 15 is 0 Å². The van der Waals surface area contributed by atoms with Crippen LogP contribution in [0.2, 0.25) is 0 Å². The SMILES string of the molecule is CSC(C)(SC)C1OC(=O)COC1=O. The third-order valence-electron chi connectivity index (χ3n) is 2.08. The fraction of sp³-hybridized carbons (Fsp3) is 0.750. The van der Waals surface area contributed by atoms with Gasteiger partial charge in [0.15, 0.2) is 6.61 Å². The standard InChI is InChI=1S/C8H12O4S2/c1-8(13-2,14-3)6-7(10)11-4-5(9)12-6/h6H,4H2,1-3H3. The van der Waals surface area contributed by atoms with Crippen molar-refractivity contribution >= 4 is 35.5 Å². The highest BCUT2D eigenvalue weighted by atomic mass is 32.2. The Bertz CT molecular complexity index is 250. The lowest BCUT2D eigenvalue weighted by Gasteiger charge is -2.34. The van der Waals surface area contributed by atoms with Crippen LogP contribution in [0.4, 0.5) is 0 Å². The molecule has 0 radical (unpaired) electrons. The lowest BCUT2D eigenvalue weighted by atomic mass is 10.2. The van der Waals surface area contributed by atoms with Crippen LogP contribution in [0.25, 0.3) is 0 Å². The van der Waals surface area contributed by atoms with E-state index in [4.69, 9.17) is 9.47 Å². The molecule has 1 saturated heterocycles. The van der Waals surface area contributed by atoms with Crippen LogP contribution < -0.4 is 0 Å². The molecule has 0 bridgehead atoms. The molecule has 80 valence electrons. The van der Waals surface area contributed by atoms with Crippen LogP contribution in [0.1, 0.15) is 6.92 Å². The Labute approximate surface area is 91.1 Å². The second-order valence-electron chi connectivity index (χ2n) is 2.90. The number of cyclic esters (lactones) is 2. The van der Waals surface area contributed by atoms with E-state index in [2.05, 4.69) is 0 Å². The van der Waals surface area contributed by atoms with Gasteiger partial charge in [0.2, 0.25) is 6.10 Å². The molecule has 1 aliphatic rings. The summed E-state index contributed by atoms with van der Waals surface area (Å²) < 4.78 is 9.22. The second kappa shape index (κ2) is 4.44. The van der Waals surface area contributed by atoms with E-state index in [1.54, 1.807) is 0 Å². The minimum Gasteiger partial charge on any atom is -0.451 e. The van der Waals surface area contributed by atoms with Crippen molar-refractivity contribution in [3.8, 4) is 0 Å². The third kappa shape index (κ3) is 2.17. The number of rotatable bonds is 3. The summed E-state index contributed by atoms with van der Waals surface area (Å²) in [5.41, 5.74) is 0. The predicted octanol–water partition coefficient (Wildman–Crippen LogP) is 0.897. The van der Waals surface area contributed by atoms with Gasteiger partial charge in [-0.1, -0.05) is 0 Å². The molecule has 0 spiro atoms. The first kappa shape index (κ1) is 11.7. The first-order chi connectivity index (χ1) is 6.53. The van der Waals surface area contributed by atoms with Gasteiger partial charge < -0.3 is 9.47 Å². The summed E-state index contributed by atoms with van der Waals surface area (Å²) in [5, 5.41) is 0. The number of hydrogen-bond donors (Lipinski definition) is 0. The summed E-state index contributed by atoms with van der Waals surface area (Å²) in [6, 6.07) is 0. The van der Waals surface area contributed by atoms with Crippen LogP contribution >= 0.6 is 23.5 Å². The molecule has 1 rings (SSSR count). The van der Waals surface area contributed by atoms with Gasteiger partial charge in [0.25, 0.3) is 0 Å². The van der Waals surface area contributed by atoms with Crippen molar-refractivity contribution in [2.24, 2.45) is 0 Å². The van der Waals surface area contributed by atoms with Crippen LogP contribution in [0.5, 0.6) is 0 Å². The fourth-order valence-corrected chi connectivity index (χ4v) is 2.42. The Hall–Kier alpha value is -0.360. The minimum absolute atomic E-state index is 0.270. The normalized spacial score (nSPS) is 22.9. The molecular formula is C8H12O4S2. The zero-order chi connectivity index (χ0) is 10.8. The first-order valence-corrected chi connectivity index (χ1v) is 6.45. The van der Waals surface area contributed by atoms with Gasteiger partial charge in [-0.3, -0.25) is 0 Å². The average Bonchev–Trinajstić information content (AvgIpc) is 2.20. The Kier molecular flexibility index (Phi) is 3.71. The van der Waals surface area contributed by atoms with Crippen LogP contribution in [-0.2, 0) is 19.1 Å². The zero-order valence-corrected chi connectivity index (χ0v) is 9.87. The second-order valence-corrected chi connectivity index (χ2v) is 5.67. The van der Waals surface area contributed by atoms with E-state index in [1.165, 1.54) is 23.5 Å². The highest BCUT2D eigenvalue weighted by Crippen LogP contribution is 2.39. The molecule has 0 N–H and O–H groups in total. The molecule has 0 aromatic rings. The lowest BCUT2D eigenvalue weighted by molar-refractivity contribution is -0.184. The number of thioether (sulfide) groups is 2. The molecule has 1 unspecified atom stereocenters. The Morgan fingerprint density at radius 1 is 1.36 bits per heavy atom. The van der Waals surface area contributed by atoms with E-state index in [-0.39, 0.29) is 6.61 Å². The van der Waals surface area contributed by atoms with Gasteiger partial charge in [0.05, 0.1) is 0 Å². The molecule has 1 heterocycles. The maximum atomic E-state index is 11.4. The number of carbonyl (C=O) groups is 2. The predicted molar refractivity (Wildman–Crippen MR) is 56.3 cm³/mol. The van der Waals surface area contributed by atoms with Crippen molar-refractivity contribution in [1.82, 2.24) is 0 Å². The molecule has 4 nitrogen and oxygen atoms in total. The molecule has 14 heavy (non-hydrogen) atoms. The summed E-state index contributed by atoms with van der Waals surface area (Å²) in [4.78, 5) is 22.4. The molecule has 0 aromatic carbocycles. The van der Waals surface area contributed by atoms with Crippen LogP contribution in [-0.4, -0.2) is 41.2 Å². The molecule has 1 atom stereocenters. The maximum absolute atomic E-state index is 11.4. The van der Waals surface area contributed by atoms with Crippen molar-refractivity contribution in [3.63, 3.8) is 0 Å². The molecular weight excluding hydrogens is 224 g/mol. The number of esters is 2. The van der Waals surface area contributed by atoms with Crippen molar-refractivity contribution in [2.75, 3.05) is 19.1 Å². The monoisotopic (exact) mass is 236 g/mol. The lowest BCUT2D eigenvalue weighted by Crippen LogP contribution is -2.48. The molecule has 1 fully saturated rings. The summed E-state index contributed by atoms with van der Waals surface area (Å²) in [7, 11) is 0. The van der Waals surface area contributed by atoms with E-state index in [0.29, 0.717) is 0 Å². The summed E-state index contributed by atoms with van der Waals surface area (Å²) in [6.45, 7) is 1.58. The Morgan fingerprint density at radius 2 is 1.93 bits per heavy atom. The van der Waals surface area contributed by atoms with E-state index in [0.717, 1.165) is 0 Å². The van der Waals surface area contributed by atoms with Crippen molar-refractivity contribution in [1.29, 1.82) is 0 Å². The quantitative estimate of drug-likeness (QED) is 0.536. The van der Waals surface area contributed by atoms with E-state index in [9.17, 15) is 9.59 Å². The molecule has 0 saturated carbocycles. The van der Waals surface area contributed by atoms with Crippen LogP contribution in [0, 0.1) is 0 Å². The number of hydrogen-bond acceptors (Lipinski definition) is 6. The van der Waals surface area contributed by atoms with Gasteiger partial charge in [-0.05, 0) is 19.4 Å². The van der Waals surface area contributed by atoms with Crippen molar-refractivity contribution in [3.05, 3.63) is 0 Å². The van der Waals surface area contributed by atoms with Gasteiger partial charge in [-0.25, -0.2) is 9.59 Å². The summed E-state index contributed by atoms with van der Waals surface area (Å²) >= 11 is 2.94. The van der Waals surface area contributed by atoms with E-state index in [1.807, 2.05) is 19.4 Å². The first-order valence-electron chi connectivity index (χ1n) is 4.00. The Balaban J connectivity index is 2.82. The maximum Gasteiger partial charge on any atom is 0.350 e. The van der Waals surface area contributed by atoms with Gasteiger partial charge in [0, 0.05) is 0 Å². The average molecular weight is 236 g/mol. The molecule has 6 heteroatoms. The van der Waals surface area contributed by atoms with Crippen LogP contribution in [0.15, 0.2) is 0 Å². The molecule has 1 aliphatic heterocycles. The molecule has 0 amide bonds. The topological polar surface area (TPSA) is 52.6 Å². The van der Waals surface area contributed by atoms with Gasteiger partial charge in [-0.15, -0.1) is 23.5 Å². The van der Waals surface area contributed by atoms with Gasteiger partial charge in [-0.2, -0.15) is 0 Å². The van der Waals surface area contributed by atoms with Gasteiger partial charge >= 0.3 is 11.9 Å². The molecule has 0 aromatic heterocycles. The number of carbonyl (C=O) groups excluding carboxylic acids is 2. The van der Waals surface area contributed by atoms with Gasteiger partial charge in [0.1, 0.15) is 4.08 Å². The number of ether oxygens (including phenoxy) is 2. The summed E-state index contributed by atoms with van der Waals surface area (Å²) in [5.74, 6) is -0.945. The Morgan fingerprint density at radius 3 is 2.43 bits per heavy atom. The smallest absolute Gasteiger partial charge is 0.350 e.